The molecule has 2 aromatic carbocycles. The first-order valence-electron chi connectivity index (χ1n) is 5.76. The van der Waals surface area contributed by atoms with Crippen LogP contribution < -0.4 is 5.32 Å². The molecular weight excluding hydrogens is 262 g/mol. The van der Waals surface area contributed by atoms with Crippen LogP contribution in [0.4, 0.5) is 5.69 Å². The zero-order valence-electron chi connectivity index (χ0n) is 10.1. The highest BCUT2D eigenvalue weighted by molar-refractivity contribution is 6.29. The topological polar surface area (TPSA) is 46.2 Å². The third kappa shape index (κ3) is 3.42. The quantitative estimate of drug-likeness (QED) is 0.687. The van der Waals surface area contributed by atoms with Crippen molar-refractivity contribution in [3.05, 3.63) is 65.7 Å². The standard InChI is InChI=1S/C15H12ClNO2/c16-10-14(18)17-13-8-4-7-12(9-13)15(19)11-5-2-1-3-6-11/h1-9H,10H2,(H,17,18). The number of hydrogen-bond acceptors (Lipinski definition) is 2. The molecule has 0 saturated heterocycles. The summed E-state index contributed by atoms with van der Waals surface area (Å²) in [7, 11) is 0. The normalized spacial score (nSPS) is 9.95. The van der Waals surface area contributed by atoms with Gasteiger partial charge < -0.3 is 5.32 Å². The molecule has 4 heteroatoms. The Morgan fingerprint density at radius 3 is 2.32 bits per heavy atom. The van der Waals surface area contributed by atoms with E-state index in [-0.39, 0.29) is 17.6 Å². The van der Waals surface area contributed by atoms with Crippen molar-refractivity contribution in [1.29, 1.82) is 0 Å². The van der Waals surface area contributed by atoms with E-state index in [1.54, 1.807) is 36.4 Å². The van der Waals surface area contributed by atoms with Crippen LogP contribution in [0.2, 0.25) is 0 Å². The maximum absolute atomic E-state index is 12.2. The van der Waals surface area contributed by atoms with Crippen LogP contribution in [0, 0.1) is 0 Å². The third-order valence-electron chi connectivity index (χ3n) is 2.57. The van der Waals surface area contributed by atoms with Crippen molar-refractivity contribution in [3.8, 4) is 0 Å². The van der Waals surface area contributed by atoms with E-state index in [4.69, 9.17) is 11.6 Å². The molecule has 1 N–H and O–H groups in total. The number of rotatable bonds is 4. The first-order chi connectivity index (χ1) is 9.20. The molecule has 0 saturated carbocycles. The van der Waals surface area contributed by atoms with E-state index in [0.29, 0.717) is 16.8 Å². The molecule has 0 spiro atoms. The molecule has 2 aromatic rings. The second-order valence-corrected chi connectivity index (χ2v) is 4.23. The Kier molecular flexibility index (Phi) is 4.31. The minimum absolute atomic E-state index is 0.0810. The Labute approximate surface area is 116 Å². The van der Waals surface area contributed by atoms with Crippen molar-refractivity contribution >= 4 is 29.0 Å². The Balaban J connectivity index is 2.24. The van der Waals surface area contributed by atoms with Gasteiger partial charge in [0, 0.05) is 16.8 Å². The van der Waals surface area contributed by atoms with E-state index in [2.05, 4.69) is 5.32 Å². The van der Waals surface area contributed by atoms with Gasteiger partial charge in [-0.05, 0) is 12.1 Å². The van der Waals surface area contributed by atoms with Gasteiger partial charge in [-0.3, -0.25) is 9.59 Å². The van der Waals surface area contributed by atoms with Gasteiger partial charge in [-0.15, -0.1) is 11.6 Å². The number of amides is 1. The average Bonchev–Trinajstić information content (AvgIpc) is 2.47. The first kappa shape index (κ1) is 13.3. The van der Waals surface area contributed by atoms with Crippen LogP contribution in [-0.4, -0.2) is 17.6 Å². The highest BCUT2D eigenvalue weighted by Gasteiger charge is 2.09. The molecule has 1 amide bonds. The molecule has 0 aliphatic rings. The van der Waals surface area contributed by atoms with Gasteiger partial charge in [0.25, 0.3) is 0 Å². The number of benzene rings is 2. The van der Waals surface area contributed by atoms with Crippen molar-refractivity contribution in [2.24, 2.45) is 0 Å². The monoisotopic (exact) mass is 273 g/mol. The van der Waals surface area contributed by atoms with Gasteiger partial charge in [0.2, 0.25) is 5.91 Å². The number of alkyl halides is 1. The van der Waals surface area contributed by atoms with Crippen LogP contribution in [0.3, 0.4) is 0 Å². The molecule has 0 radical (unpaired) electrons. The molecular formula is C15H12ClNO2. The lowest BCUT2D eigenvalue weighted by Crippen LogP contribution is -2.13. The van der Waals surface area contributed by atoms with Crippen LogP contribution in [0.5, 0.6) is 0 Å². The molecule has 0 heterocycles. The fraction of sp³-hybridized carbons (Fsp3) is 0.0667. The van der Waals surface area contributed by atoms with Crippen LogP contribution in [0.25, 0.3) is 0 Å². The minimum Gasteiger partial charge on any atom is -0.325 e. The SMILES string of the molecule is O=C(CCl)Nc1cccc(C(=O)c2ccccc2)c1. The fourth-order valence-electron chi connectivity index (χ4n) is 1.69. The van der Waals surface area contributed by atoms with E-state index in [1.807, 2.05) is 18.2 Å². The number of ketones is 1. The van der Waals surface area contributed by atoms with Crippen molar-refractivity contribution in [2.45, 2.75) is 0 Å². The largest absolute Gasteiger partial charge is 0.325 e. The maximum atomic E-state index is 12.2. The summed E-state index contributed by atoms with van der Waals surface area (Å²) in [6, 6.07) is 15.8. The first-order valence-corrected chi connectivity index (χ1v) is 6.30. The molecule has 2 rings (SSSR count). The predicted octanol–water partition coefficient (Wildman–Crippen LogP) is 3.09. The van der Waals surface area contributed by atoms with Gasteiger partial charge in [0.15, 0.2) is 5.78 Å². The number of nitrogens with one attached hydrogen (secondary N) is 1. The summed E-state index contributed by atoms with van der Waals surface area (Å²) in [5, 5.41) is 2.62. The number of hydrogen-bond donors (Lipinski definition) is 1. The van der Waals surface area contributed by atoms with Gasteiger partial charge >= 0.3 is 0 Å². The van der Waals surface area contributed by atoms with Crippen LogP contribution in [0.15, 0.2) is 54.6 Å². The Bertz CT molecular complexity index is 596. The fourth-order valence-corrected chi connectivity index (χ4v) is 1.76. The highest BCUT2D eigenvalue weighted by atomic mass is 35.5. The molecule has 0 aliphatic carbocycles. The Morgan fingerprint density at radius 2 is 1.63 bits per heavy atom. The second kappa shape index (κ2) is 6.16. The van der Waals surface area contributed by atoms with E-state index in [9.17, 15) is 9.59 Å². The lowest BCUT2D eigenvalue weighted by Gasteiger charge is -2.05. The Morgan fingerprint density at radius 1 is 0.947 bits per heavy atom. The van der Waals surface area contributed by atoms with Crippen LogP contribution >= 0.6 is 11.6 Å². The van der Waals surface area contributed by atoms with Gasteiger partial charge in [-0.2, -0.15) is 0 Å². The molecule has 0 aliphatic heterocycles. The lowest BCUT2D eigenvalue weighted by atomic mass is 10.0. The summed E-state index contributed by atoms with van der Waals surface area (Å²) in [6.07, 6.45) is 0. The van der Waals surface area contributed by atoms with Gasteiger partial charge in [0.1, 0.15) is 5.88 Å². The summed E-state index contributed by atoms with van der Waals surface area (Å²) in [6.45, 7) is 0. The molecule has 0 aromatic heterocycles. The highest BCUT2D eigenvalue weighted by Crippen LogP contribution is 2.15. The number of carbonyl (C=O) groups is 2. The molecule has 0 bridgehead atoms. The van der Waals surface area contributed by atoms with Crippen molar-refractivity contribution < 1.29 is 9.59 Å². The molecule has 0 unspecified atom stereocenters. The summed E-state index contributed by atoms with van der Waals surface area (Å²) >= 11 is 5.42. The van der Waals surface area contributed by atoms with Gasteiger partial charge in [-0.25, -0.2) is 0 Å². The smallest absolute Gasteiger partial charge is 0.239 e. The van der Waals surface area contributed by atoms with E-state index >= 15 is 0 Å². The van der Waals surface area contributed by atoms with Gasteiger partial charge in [0.05, 0.1) is 0 Å². The minimum atomic E-state index is -0.300. The molecule has 19 heavy (non-hydrogen) atoms. The van der Waals surface area contributed by atoms with Gasteiger partial charge in [-0.1, -0.05) is 42.5 Å². The zero-order chi connectivity index (χ0) is 13.7. The molecule has 0 fully saturated rings. The number of anilines is 1. The van der Waals surface area contributed by atoms with Crippen molar-refractivity contribution in [3.63, 3.8) is 0 Å². The van der Waals surface area contributed by atoms with E-state index in [0.717, 1.165) is 0 Å². The average molecular weight is 274 g/mol. The molecule has 3 nitrogen and oxygen atoms in total. The van der Waals surface area contributed by atoms with Crippen LogP contribution in [0.1, 0.15) is 15.9 Å². The van der Waals surface area contributed by atoms with E-state index in [1.165, 1.54) is 0 Å². The predicted molar refractivity (Wildman–Crippen MR) is 75.7 cm³/mol. The molecule has 0 atom stereocenters. The Hall–Kier alpha value is -2.13. The van der Waals surface area contributed by atoms with Crippen LogP contribution in [-0.2, 0) is 4.79 Å². The third-order valence-corrected chi connectivity index (χ3v) is 2.81. The zero-order valence-corrected chi connectivity index (χ0v) is 10.9. The summed E-state index contributed by atoms with van der Waals surface area (Å²) in [5.74, 6) is -0.495. The maximum Gasteiger partial charge on any atom is 0.239 e. The number of carbonyl (C=O) groups excluding carboxylic acids is 2. The lowest BCUT2D eigenvalue weighted by molar-refractivity contribution is -0.113. The summed E-state index contributed by atoms with van der Waals surface area (Å²) < 4.78 is 0. The van der Waals surface area contributed by atoms with Crippen molar-refractivity contribution in [1.82, 2.24) is 0 Å². The second-order valence-electron chi connectivity index (χ2n) is 3.96. The number of halogens is 1. The summed E-state index contributed by atoms with van der Waals surface area (Å²) in [4.78, 5) is 23.4. The van der Waals surface area contributed by atoms with E-state index < -0.39 is 0 Å². The van der Waals surface area contributed by atoms with Crippen molar-refractivity contribution in [2.75, 3.05) is 11.2 Å². The molecule has 96 valence electrons. The summed E-state index contributed by atoms with van der Waals surface area (Å²) in [5.41, 5.74) is 1.70.